The van der Waals surface area contributed by atoms with Crippen molar-refractivity contribution in [1.82, 2.24) is 0 Å². The van der Waals surface area contributed by atoms with Crippen molar-refractivity contribution in [2.45, 2.75) is 102 Å². The van der Waals surface area contributed by atoms with E-state index in [1.165, 1.54) is 101 Å². The number of unbranched alkanes of at least 4 members (excludes halogenated alkanes) is 12. The van der Waals surface area contributed by atoms with Crippen molar-refractivity contribution < 1.29 is 0 Å². The van der Waals surface area contributed by atoms with Crippen molar-refractivity contribution in [3.63, 3.8) is 0 Å². The smallest absolute Gasteiger partial charge is 0.0283 e. The summed E-state index contributed by atoms with van der Waals surface area (Å²) < 4.78 is 0. The quantitative estimate of drug-likeness (QED) is 0.212. The first-order chi connectivity index (χ1) is 11.4. The second-order valence-corrected chi connectivity index (χ2v) is 7.50. The summed E-state index contributed by atoms with van der Waals surface area (Å²) in [4.78, 5) is 0. The van der Waals surface area contributed by atoms with Gasteiger partial charge in [0.15, 0.2) is 0 Å². The summed E-state index contributed by atoms with van der Waals surface area (Å²) in [7, 11) is 0. The first-order valence-electron chi connectivity index (χ1n) is 10.0. The number of halogens is 1. The molecule has 0 aliphatic rings. The molecule has 132 valence electrons. The molecule has 0 aliphatic carbocycles. The maximum absolute atomic E-state index is 3.50. The predicted octanol–water partition coefficient (Wildman–Crippen LogP) is 8.22. The van der Waals surface area contributed by atoms with Gasteiger partial charge in [0.2, 0.25) is 0 Å². The normalized spacial score (nSPS) is 11.0. The van der Waals surface area contributed by atoms with Crippen molar-refractivity contribution in [3.8, 4) is 0 Å². The molecule has 1 aromatic carbocycles. The average molecular weight is 381 g/mol. The van der Waals surface area contributed by atoms with Crippen LogP contribution >= 0.6 is 15.9 Å². The Bertz CT molecular complexity index is 355. The van der Waals surface area contributed by atoms with E-state index in [0.29, 0.717) is 0 Å². The summed E-state index contributed by atoms with van der Waals surface area (Å²) in [6.07, 6.45) is 19.9. The summed E-state index contributed by atoms with van der Waals surface area (Å²) in [6, 6.07) is 9.06. The largest absolute Gasteiger partial charge is 0.0876 e. The second-order valence-electron chi connectivity index (χ2n) is 6.94. The Morgan fingerprint density at radius 2 is 0.957 bits per heavy atom. The summed E-state index contributed by atoms with van der Waals surface area (Å²) >= 11 is 3.50. The van der Waals surface area contributed by atoms with Crippen molar-refractivity contribution in [1.29, 1.82) is 0 Å². The molecule has 0 saturated heterocycles. The lowest BCUT2D eigenvalue weighted by molar-refractivity contribution is 0.539. The van der Waals surface area contributed by atoms with E-state index in [-0.39, 0.29) is 0 Å². The molecule has 0 aromatic heterocycles. The van der Waals surface area contributed by atoms with Crippen molar-refractivity contribution in [3.05, 3.63) is 35.4 Å². The van der Waals surface area contributed by atoms with Crippen molar-refractivity contribution >= 4 is 15.9 Å². The SMILES string of the molecule is CCCCCCCCCCCCCCCc1ccc(CBr)cc1. The summed E-state index contributed by atoms with van der Waals surface area (Å²) in [5, 5.41) is 0.964. The molecule has 0 N–H and O–H groups in total. The molecule has 0 amide bonds. The van der Waals surface area contributed by atoms with Crippen LogP contribution in [0.1, 0.15) is 102 Å². The molecule has 1 rings (SSSR count). The average Bonchev–Trinajstić information content (AvgIpc) is 2.59. The van der Waals surface area contributed by atoms with Gasteiger partial charge < -0.3 is 0 Å². The highest BCUT2D eigenvalue weighted by Gasteiger charge is 1.96. The number of alkyl halides is 1. The highest BCUT2D eigenvalue weighted by Crippen LogP contribution is 2.14. The van der Waals surface area contributed by atoms with Crippen LogP contribution in [0.5, 0.6) is 0 Å². The zero-order valence-corrected chi connectivity index (χ0v) is 16.9. The van der Waals surface area contributed by atoms with Gasteiger partial charge in [0, 0.05) is 5.33 Å². The molecule has 0 aliphatic heterocycles. The topological polar surface area (TPSA) is 0 Å². The molecule has 0 fully saturated rings. The molecule has 0 radical (unpaired) electrons. The zero-order chi connectivity index (χ0) is 16.6. The molecular weight excluding hydrogens is 344 g/mol. The van der Waals surface area contributed by atoms with Gasteiger partial charge in [-0.3, -0.25) is 0 Å². The second kappa shape index (κ2) is 15.2. The third kappa shape index (κ3) is 11.8. The molecule has 1 heteroatoms. The van der Waals surface area contributed by atoms with Gasteiger partial charge in [-0.15, -0.1) is 0 Å². The highest BCUT2D eigenvalue weighted by atomic mass is 79.9. The van der Waals surface area contributed by atoms with Gasteiger partial charge in [0.05, 0.1) is 0 Å². The Morgan fingerprint density at radius 1 is 0.565 bits per heavy atom. The van der Waals surface area contributed by atoms with Gasteiger partial charge in [-0.25, -0.2) is 0 Å². The maximum Gasteiger partial charge on any atom is 0.0283 e. The Morgan fingerprint density at radius 3 is 1.39 bits per heavy atom. The lowest BCUT2D eigenvalue weighted by Gasteiger charge is -2.04. The van der Waals surface area contributed by atoms with Crippen LogP contribution < -0.4 is 0 Å². The summed E-state index contributed by atoms with van der Waals surface area (Å²) in [5.41, 5.74) is 2.87. The van der Waals surface area contributed by atoms with Crippen LogP contribution in [0.25, 0.3) is 0 Å². The number of benzene rings is 1. The molecule has 23 heavy (non-hydrogen) atoms. The lowest BCUT2D eigenvalue weighted by Crippen LogP contribution is -1.87. The van der Waals surface area contributed by atoms with E-state index >= 15 is 0 Å². The molecule has 0 bridgehead atoms. The summed E-state index contributed by atoms with van der Waals surface area (Å²) in [5.74, 6) is 0. The first kappa shape index (κ1) is 20.7. The Labute approximate surface area is 153 Å². The molecule has 1 aromatic rings. The van der Waals surface area contributed by atoms with Gasteiger partial charge in [-0.2, -0.15) is 0 Å². The lowest BCUT2D eigenvalue weighted by atomic mass is 10.0. The van der Waals surface area contributed by atoms with Crippen LogP contribution in [-0.4, -0.2) is 0 Å². The molecule has 0 nitrogen and oxygen atoms in total. The maximum atomic E-state index is 3.50. The molecular formula is C22H37Br. The minimum atomic E-state index is 0.964. The van der Waals surface area contributed by atoms with E-state index in [1.807, 2.05) is 0 Å². The predicted molar refractivity (Wildman–Crippen MR) is 108 cm³/mol. The molecule has 0 heterocycles. The number of hydrogen-bond acceptors (Lipinski definition) is 0. The van der Waals surface area contributed by atoms with E-state index in [0.717, 1.165) is 5.33 Å². The van der Waals surface area contributed by atoms with Crippen molar-refractivity contribution in [2.24, 2.45) is 0 Å². The molecule has 0 atom stereocenters. The van der Waals surface area contributed by atoms with E-state index < -0.39 is 0 Å². The van der Waals surface area contributed by atoms with Crippen LogP contribution in [0.4, 0.5) is 0 Å². The number of hydrogen-bond donors (Lipinski definition) is 0. The number of rotatable bonds is 15. The third-order valence-electron chi connectivity index (χ3n) is 4.75. The monoisotopic (exact) mass is 380 g/mol. The van der Waals surface area contributed by atoms with Crippen LogP contribution in [0.2, 0.25) is 0 Å². The fourth-order valence-corrected chi connectivity index (χ4v) is 3.52. The van der Waals surface area contributed by atoms with E-state index in [1.54, 1.807) is 0 Å². The van der Waals surface area contributed by atoms with E-state index in [2.05, 4.69) is 47.1 Å². The van der Waals surface area contributed by atoms with E-state index in [4.69, 9.17) is 0 Å². The number of aryl methyl sites for hydroxylation is 1. The Balaban J connectivity index is 1.82. The third-order valence-corrected chi connectivity index (χ3v) is 5.39. The van der Waals surface area contributed by atoms with Crippen LogP contribution in [0.15, 0.2) is 24.3 Å². The summed E-state index contributed by atoms with van der Waals surface area (Å²) in [6.45, 7) is 2.29. The Kier molecular flexibility index (Phi) is 13.7. The fraction of sp³-hybridized carbons (Fsp3) is 0.727. The van der Waals surface area contributed by atoms with Gasteiger partial charge >= 0.3 is 0 Å². The highest BCUT2D eigenvalue weighted by molar-refractivity contribution is 9.08. The van der Waals surface area contributed by atoms with Crippen LogP contribution in [-0.2, 0) is 11.8 Å². The van der Waals surface area contributed by atoms with Gasteiger partial charge in [-0.05, 0) is 24.0 Å². The zero-order valence-electron chi connectivity index (χ0n) is 15.3. The minimum absolute atomic E-state index is 0.964. The van der Waals surface area contributed by atoms with Gasteiger partial charge in [0.25, 0.3) is 0 Å². The van der Waals surface area contributed by atoms with Crippen LogP contribution in [0.3, 0.4) is 0 Å². The van der Waals surface area contributed by atoms with Gasteiger partial charge in [-0.1, -0.05) is 124 Å². The minimum Gasteiger partial charge on any atom is -0.0876 e. The molecule has 0 saturated carbocycles. The standard InChI is InChI=1S/C22H37Br/c1-2-3-4-5-6-7-8-9-10-11-12-13-14-15-21-16-18-22(20-23)19-17-21/h16-19H,2-15,20H2,1H3. The van der Waals surface area contributed by atoms with Gasteiger partial charge in [0.1, 0.15) is 0 Å². The first-order valence-corrected chi connectivity index (χ1v) is 11.1. The van der Waals surface area contributed by atoms with E-state index in [9.17, 15) is 0 Å². The fourth-order valence-electron chi connectivity index (χ4n) is 3.14. The molecule has 0 unspecified atom stereocenters. The Hall–Kier alpha value is -0.300. The van der Waals surface area contributed by atoms with Crippen LogP contribution in [0, 0.1) is 0 Å². The molecule has 0 spiro atoms. The van der Waals surface area contributed by atoms with Crippen molar-refractivity contribution in [2.75, 3.05) is 0 Å².